The molecule has 2 aromatic rings. The van der Waals surface area contributed by atoms with Crippen molar-refractivity contribution in [2.75, 3.05) is 5.75 Å². The van der Waals surface area contributed by atoms with E-state index in [1.807, 2.05) is 26.2 Å². The van der Waals surface area contributed by atoms with E-state index < -0.39 is 0 Å². The highest BCUT2D eigenvalue weighted by atomic mass is 32.2. The lowest BCUT2D eigenvalue weighted by molar-refractivity contribution is 0.591. The molecular weight excluding hydrogens is 266 g/mol. The van der Waals surface area contributed by atoms with Gasteiger partial charge in [-0.1, -0.05) is 0 Å². The Bertz CT molecular complexity index is 610. The highest BCUT2D eigenvalue weighted by molar-refractivity contribution is 7.98. The summed E-state index contributed by atoms with van der Waals surface area (Å²) < 4.78 is 1.64. The van der Waals surface area contributed by atoms with Gasteiger partial charge in [0.1, 0.15) is 0 Å². The quantitative estimate of drug-likeness (QED) is 0.932. The van der Waals surface area contributed by atoms with Crippen molar-refractivity contribution in [3.8, 4) is 0 Å². The molecule has 0 radical (unpaired) electrons. The number of thiazole rings is 1. The van der Waals surface area contributed by atoms with E-state index in [-0.39, 0.29) is 11.1 Å². The van der Waals surface area contributed by atoms with Crippen LogP contribution in [0.1, 0.15) is 25.2 Å². The Balaban J connectivity index is 2.18. The average Bonchev–Trinajstić information content (AvgIpc) is 2.58. The maximum Gasteiger partial charge on any atom is 0.258 e. The molecule has 18 heavy (non-hydrogen) atoms. The van der Waals surface area contributed by atoms with Crippen LogP contribution in [0.3, 0.4) is 0 Å². The van der Waals surface area contributed by atoms with Crippen LogP contribution in [0.4, 0.5) is 0 Å². The van der Waals surface area contributed by atoms with Crippen molar-refractivity contribution in [1.82, 2.24) is 9.38 Å². The monoisotopic (exact) mass is 283 g/mol. The number of fused-ring (bicyclic) bond motifs is 1. The summed E-state index contributed by atoms with van der Waals surface area (Å²) in [5.41, 5.74) is 7.50. The van der Waals surface area contributed by atoms with Gasteiger partial charge < -0.3 is 5.73 Å². The van der Waals surface area contributed by atoms with Crippen LogP contribution in [0.5, 0.6) is 0 Å². The largest absolute Gasteiger partial charge is 0.325 e. The van der Waals surface area contributed by atoms with Crippen molar-refractivity contribution >= 4 is 28.1 Å². The number of thioether (sulfide) groups is 1. The van der Waals surface area contributed by atoms with E-state index in [1.165, 1.54) is 11.3 Å². The van der Waals surface area contributed by atoms with Gasteiger partial charge in [0.2, 0.25) is 0 Å². The first-order chi connectivity index (χ1) is 8.37. The van der Waals surface area contributed by atoms with Crippen LogP contribution in [0.25, 0.3) is 4.96 Å². The minimum absolute atomic E-state index is 0.00126. The fourth-order valence-electron chi connectivity index (χ4n) is 1.59. The van der Waals surface area contributed by atoms with Gasteiger partial charge in [0.05, 0.1) is 5.69 Å². The second-order valence-electron chi connectivity index (χ2n) is 5.06. The zero-order chi connectivity index (χ0) is 13.3. The van der Waals surface area contributed by atoms with Gasteiger partial charge >= 0.3 is 0 Å². The third kappa shape index (κ3) is 3.13. The molecule has 98 valence electrons. The maximum absolute atomic E-state index is 11.9. The number of nitrogens with zero attached hydrogens (tertiary/aromatic N) is 2. The summed E-state index contributed by atoms with van der Waals surface area (Å²) in [5, 5.41) is 1.95. The molecule has 0 aliphatic carbocycles. The molecule has 0 aliphatic heterocycles. The van der Waals surface area contributed by atoms with Gasteiger partial charge in [0, 0.05) is 34.2 Å². The molecule has 2 aromatic heterocycles. The fraction of sp³-hybridized carbons (Fsp3) is 0.500. The molecule has 6 heteroatoms. The van der Waals surface area contributed by atoms with Crippen LogP contribution in [-0.2, 0) is 5.75 Å². The predicted octanol–water partition coefficient (Wildman–Crippen LogP) is 2.03. The number of aryl methyl sites for hydroxylation is 1. The molecule has 0 amide bonds. The Morgan fingerprint density at radius 1 is 1.56 bits per heavy atom. The molecule has 0 aliphatic rings. The second-order valence-corrected chi connectivity index (χ2v) is 6.88. The Kier molecular flexibility index (Phi) is 3.79. The van der Waals surface area contributed by atoms with Crippen LogP contribution in [0.15, 0.2) is 16.2 Å². The number of hydrogen-bond acceptors (Lipinski definition) is 5. The molecule has 0 saturated carbocycles. The molecule has 0 saturated heterocycles. The van der Waals surface area contributed by atoms with Crippen LogP contribution in [0, 0.1) is 6.92 Å². The maximum atomic E-state index is 11.9. The van der Waals surface area contributed by atoms with Crippen molar-refractivity contribution in [3.05, 3.63) is 33.2 Å². The molecule has 0 unspecified atom stereocenters. The van der Waals surface area contributed by atoms with E-state index in [9.17, 15) is 4.79 Å². The zero-order valence-corrected chi connectivity index (χ0v) is 12.4. The molecular formula is C12H17N3OS2. The van der Waals surface area contributed by atoms with Crippen molar-refractivity contribution in [1.29, 1.82) is 0 Å². The molecule has 0 aromatic carbocycles. The van der Waals surface area contributed by atoms with Gasteiger partial charge in [-0.2, -0.15) is 11.8 Å². The van der Waals surface area contributed by atoms with Crippen molar-refractivity contribution < 1.29 is 0 Å². The van der Waals surface area contributed by atoms with E-state index in [4.69, 9.17) is 5.73 Å². The first-order valence-electron chi connectivity index (χ1n) is 5.70. The number of hydrogen-bond donors (Lipinski definition) is 1. The molecule has 2 rings (SSSR count). The smallest absolute Gasteiger partial charge is 0.258 e. The molecule has 2 heterocycles. The molecule has 0 bridgehead atoms. The van der Waals surface area contributed by atoms with Crippen molar-refractivity contribution in [3.63, 3.8) is 0 Å². The number of aromatic nitrogens is 2. The van der Waals surface area contributed by atoms with Crippen LogP contribution in [-0.4, -0.2) is 20.7 Å². The predicted molar refractivity (Wildman–Crippen MR) is 78.5 cm³/mol. The SMILES string of the molecule is Cc1csc2nc(CSCC(C)(C)N)cc(=O)n12. The molecule has 2 N–H and O–H groups in total. The number of nitrogens with two attached hydrogens (primary N) is 1. The Morgan fingerprint density at radius 3 is 2.94 bits per heavy atom. The van der Waals surface area contributed by atoms with Gasteiger partial charge in [-0.3, -0.25) is 9.20 Å². The Hall–Kier alpha value is -0.850. The van der Waals surface area contributed by atoms with E-state index in [0.29, 0.717) is 0 Å². The average molecular weight is 283 g/mol. The second kappa shape index (κ2) is 5.03. The van der Waals surface area contributed by atoms with E-state index in [0.717, 1.165) is 27.9 Å². The Morgan fingerprint density at radius 2 is 2.28 bits per heavy atom. The lowest BCUT2D eigenvalue weighted by atomic mass is 10.1. The third-order valence-corrected chi connectivity index (χ3v) is 4.74. The molecule has 0 spiro atoms. The van der Waals surface area contributed by atoms with Gasteiger partial charge in [-0.25, -0.2) is 4.98 Å². The highest BCUT2D eigenvalue weighted by Gasteiger charge is 2.11. The molecule has 0 fully saturated rings. The standard InChI is InChI=1S/C12H17N3OS2/c1-8-5-18-11-14-9(4-10(16)15(8)11)6-17-7-12(2,3)13/h4-5H,6-7,13H2,1-3H3. The summed E-state index contributed by atoms with van der Waals surface area (Å²) in [7, 11) is 0. The minimum atomic E-state index is -0.191. The Labute approximate surface area is 114 Å². The normalized spacial score (nSPS) is 12.2. The highest BCUT2D eigenvalue weighted by Crippen LogP contribution is 2.17. The first kappa shape index (κ1) is 13.6. The van der Waals surface area contributed by atoms with E-state index >= 15 is 0 Å². The number of rotatable bonds is 4. The summed E-state index contributed by atoms with van der Waals surface area (Å²) in [6.45, 7) is 5.90. The van der Waals surface area contributed by atoms with E-state index in [1.54, 1.807) is 22.2 Å². The van der Waals surface area contributed by atoms with Gasteiger partial charge in [0.15, 0.2) is 4.96 Å². The van der Waals surface area contributed by atoms with Gasteiger partial charge in [0.25, 0.3) is 5.56 Å². The van der Waals surface area contributed by atoms with Crippen LogP contribution >= 0.6 is 23.1 Å². The lowest BCUT2D eigenvalue weighted by Gasteiger charge is -2.17. The lowest BCUT2D eigenvalue weighted by Crippen LogP contribution is -2.34. The summed E-state index contributed by atoms with van der Waals surface area (Å²) in [6, 6.07) is 1.61. The summed E-state index contributed by atoms with van der Waals surface area (Å²) >= 11 is 3.21. The third-order valence-electron chi connectivity index (χ3n) is 2.35. The van der Waals surface area contributed by atoms with Crippen molar-refractivity contribution in [2.45, 2.75) is 32.1 Å². The fourth-order valence-corrected chi connectivity index (χ4v) is 3.47. The summed E-state index contributed by atoms with van der Waals surface area (Å²) in [5.74, 6) is 1.57. The zero-order valence-electron chi connectivity index (χ0n) is 10.8. The van der Waals surface area contributed by atoms with Gasteiger partial charge in [-0.05, 0) is 20.8 Å². The summed E-state index contributed by atoms with van der Waals surface area (Å²) in [4.78, 5) is 17.2. The minimum Gasteiger partial charge on any atom is -0.325 e. The van der Waals surface area contributed by atoms with E-state index in [2.05, 4.69) is 4.98 Å². The molecule has 0 atom stereocenters. The van der Waals surface area contributed by atoms with Crippen LogP contribution < -0.4 is 11.3 Å². The van der Waals surface area contributed by atoms with Gasteiger partial charge in [-0.15, -0.1) is 11.3 Å². The summed E-state index contributed by atoms with van der Waals surface area (Å²) in [6.07, 6.45) is 0. The topological polar surface area (TPSA) is 60.4 Å². The van der Waals surface area contributed by atoms with Crippen LogP contribution in [0.2, 0.25) is 0 Å². The first-order valence-corrected chi connectivity index (χ1v) is 7.74. The molecule has 4 nitrogen and oxygen atoms in total. The van der Waals surface area contributed by atoms with Crippen molar-refractivity contribution in [2.24, 2.45) is 5.73 Å².